The fraction of sp³-hybridized carbons (Fsp3) is 0.286. The van der Waals surface area contributed by atoms with Gasteiger partial charge in [0.1, 0.15) is 0 Å². The van der Waals surface area contributed by atoms with Crippen LogP contribution in [0, 0.1) is 0 Å². The third-order valence-corrected chi connectivity index (χ3v) is 5.24. The van der Waals surface area contributed by atoms with Gasteiger partial charge in [-0.2, -0.15) is 0 Å². The summed E-state index contributed by atoms with van der Waals surface area (Å²) in [7, 11) is 0. The maximum atomic E-state index is 13.4. The van der Waals surface area contributed by atoms with Gasteiger partial charge in [0.2, 0.25) is 0 Å². The third kappa shape index (κ3) is 2.87. The molecule has 4 amide bonds. The van der Waals surface area contributed by atoms with Gasteiger partial charge in [-0.05, 0) is 43.0 Å². The van der Waals surface area contributed by atoms with Crippen LogP contribution in [0.3, 0.4) is 0 Å². The number of benzene rings is 2. The van der Waals surface area contributed by atoms with Crippen LogP contribution < -0.4 is 4.90 Å². The molecule has 6 heteroatoms. The normalized spacial score (nSPS) is 16.7. The van der Waals surface area contributed by atoms with Gasteiger partial charge in [-0.15, -0.1) is 0 Å². The van der Waals surface area contributed by atoms with Crippen LogP contribution in [0.25, 0.3) is 0 Å². The Balaban J connectivity index is 1.78. The van der Waals surface area contributed by atoms with Crippen LogP contribution in [-0.4, -0.2) is 47.3 Å². The van der Waals surface area contributed by atoms with E-state index in [4.69, 9.17) is 0 Å². The first-order valence-corrected chi connectivity index (χ1v) is 9.22. The molecule has 4 rings (SSSR count). The van der Waals surface area contributed by atoms with E-state index in [0.717, 1.165) is 40.2 Å². The predicted octanol–water partition coefficient (Wildman–Crippen LogP) is 2.73. The molecule has 2 aliphatic heterocycles. The van der Waals surface area contributed by atoms with Gasteiger partial charge in [0.25, 0.3) is 0 Å². The van der Waals surface area contributed by atoms with Gasteiger partial charge in [0.05, 0.1) is 11.4 Å². The second kappa shape index (κ2) is 6.87. The fourth-order valence-electron chi connectivity index (χ4n) is 3.77. The van der Waals surface area contributed by atoms with Crippen LogP contribution in [0.1, 0.15) is 18.1 Å². The van der Waals surface area contributed by atoms with Crippen LogP contribution in [0.15, 0.2) is 48.5 Å². The molecule has 27 heavy (non-hydrogen) atoms. The lowest BCUT2D eigenvalue weighted by Gasteiger charge is -2.35. The summed E-state index contributed by atoms with van der Waals surface area (Å²) in [6, 6.07) is 15.0. The standard InChI is InChI=1S/C21H21N3O3/c1-2-22-13-14-23(20(26)19(22)25)21(27)24-17-9-5-3-7-15(17)11-12-16-8-4-6-10-18(16)24/h3-10H,2,11-14H2,1H3. The van der Waals surface area contributed by atoms with E-state index >= 15 is 0 Å². The molecule has 6 nitrogen and oxygen atoms in total. The number of amides is 4. The molecular weight excluding hydrogens is 342 g/mol. The molecular formula is C21H21N3O3. The molecule has 2 heterocycles. The number of hydrogen-bond donors (Lipinski definition) is 0. The number of imide groups is 1. The summed E-state index contributed by atoms with van der Waals surface area (Å²) >= 11 is 0. The molecule has 0 aromatic heterocycles. The van der Waals surface area contributed by atoms with E-state index in [-0.39, 0.29) is 6.54 Å². The van der Waals surface area contributed by atoms with Crippen molar-refractivity contribution in [2.75, 3.05) is 24.5 Å². The van der Waals surface area contributed by atoms with Crippen LogP contribution in [0.2, 0.25) is 0 Å². The van der Waals surface area contributed by atoms with Crippen molar-refractivity contribution >= 4 is 29.2 Å². The number of carbonyl (C=O) groups excluding carboxylic acids is 3. The summed E-state index contributed by atoms with van der Waals surface area (Å²) in [5.41, 5.74) is 3.64. The number of carbonyl (C=O) groups is 3. The number of likely N-dealkylation sites (N-methyl/N-ethyl adjacent to an activating group) is 1. The smallest absolute Gasteiger partial charge is 0.333 e. The molecule has 0 bridgehead atoms. The SMILES string of the molecule is CCN1CCN(C(=O)N2c3ccccc3CCc3ccccc32)C(=O)C1=O. The van der Waals surface area contributed by atoms with Crippen molar-refractivity contribution in [3.63, 3.8) is 0 Å². The molecule has 0 saturated carbocycles. The van der Waals surface area contributed by atoms with Crippen LogP contribution >= 0.6 is 0 Å². The van der Waals surface area contributed by atoms with Gasteiger partial charge < -0.3 is 4.90 Å². The van der Waals surface area contributed by atoms with E-state index in [0.29, 0.717) is 13.1 Å². The Hall–Kier alpha value is -3.15. The quantitative estimate of drug-likeness (QED) is 0.732. The lowest BCUT2D eigenvalue weighted by Crippen LogP contribution is -2.58. The van der Waals surface area contributed by atoms with Gasteiger partial charge in [-0.25, -0.2) is 4.79 Å². The lowest BCUT2D eigenvalue weighted by atomic mass is 10.0. The summed E-state index contributed by atoms with van der Waals surface area (Å²) in [6.45, 7) is 2.86. The number of hydrogen-bond acceptors (Lipinski definition) is 3. The average Bonchev–Trinajstić information content (AvgIpc) is 2.86. The topological polar surface area (TPSA) is 60.9 Å². The molecule has 138 valence electrons. The van der Waals surface area contributed by atoms with E-state index in [1.807, 2.05) is 55.5 Å². The first-order chi connectivity index (χ1) is 13.1. The number of rotatable bonds is 1. The minimum absolute atomic E-state index is 0.206. The van der Waals surface area contributed by atoms with Gasteiger partial charge >= 0.3 is 17.8 Å². The molecule has 1 saturated heterocycles. The number of fused-ring (bicyclic) bond motifs is 2. The molecule has 0 atom stereocenters. The monoisotopic (exact) mass is 363 g/mol. The highest BCUT2D eigenvalue weighted by Crippen LogP contribution is 2.36. The van der Waals surface area contributed by atoms with Crippen LogP contribution in [-0.2, 0) is 22.4 Å². The summed E-state index contributed by atoms with van der Waals surface area (Å²) in [6.07, 6.45) is 1.63. The molecule has 1 fully saturated rings. The molecule has 0 spiro atoms. The summed E-state index contributed by atoms with van der Waals surface area (Å²) in [5.74, 6) is -1.37. The van der Waals surface area contributed by atoms with Crippen molar-refractivity contribution < 1.29 is 14.4 Å². The molecule has 0 radical (unpaired) electrons. The highest BCUT2D eigenvalue weighted by molar-refractivity contribution is 6.38. The van der Waals surface area contributed by atoms with Crippen molar-refractivity contribution in [2.24, 2.45) is 0 Å². The first kappa shape index (κ1) is 17.3. The molecule has 0 unspecified atom stereocenters. The number of anilines is 2. The second-order valence-corrected chi connectivity index (χ2v) is 6.72. The predicted molar refractivity (Wildman–Crippen MR) is 102 cm³/mol. The molecule has 2 aromatic carbocycles. The minimum Gasteiger partial charge on any atom is -0.333 e. The van der Waals surface area contributed by atoms with E-state index in [1.165, 1.54) is 4.90 Å². The number of para-hydroxylation sites is 2. The second-order valence-electron chi connectivity index (χ2n) is 6.72. The van der Waals surface area contributed by atoms with Gasteiger partial charge in [-0.3, -0.25) is 19.4 Å². The zero-order valence-electron chi connectivity index (χ0n) is 15.2. The Morgan fingerprint density at radius 1 is 0.852 bits per heavy atom. The van der Waals surface area contributed by atoms with Crippen molar-refractivity contribution in [1.82, 2.24) is 9.80 Å². The Bertz CT molecular complexity index is 877. The van der Waals surface area contributed by atoms with E-state index < -0.39 is 17.8 Å². The van der Waals surface area contributed by atoms with Crippen molar-refractivity contribution in [2.45, 2.75) is 19.8 Å². The zero-order valence-corrected chi connectivity index (χ0v) is 15.2. The Morgan fingerprint density at radius 2 is 1.41 bits per heavy atom. The highest BCUT2D eigenvalue weighted by atomic mass is 16.2. The number of urea groups is 1. The fourth-order valence-corrected chi connectivity index (χ4v) is 3.77. The zero-order chi connectivity index (χ0) is 19.0. The number of piperazine rings is 1. The number of nitrogens with zero attached hydrogens (tertiary/aromatic N) is 3. The minimum atomic E-state index is -0.757. The summed E-state index contributed by atoms with van der Waals surface area (Å²) < 4.78 is 0. The van der Waals surface area contributed by atoms with Crippen LogP contribution in [0.4, 0.5) is 16.2 Å². The maximum absolute atomic E-state index is 13.4. The number of aryl methyl sites for hydroxylation is 2. The van der Waals surface area contributed by atoms with E-state index in [1.54, 1.807) is 4.90 Å². The van der Waals surface area contributed by atoms with Gasteiger partial charge in [0.15, 0.2) is 0 Å². The summed E-state index contributed by atoms with van der Waals surface area (Å²) in [5, 5.41) is 0. The third-order valence-electron chi connectivity index (χ3n) is 5.24. The van der Waals surface area contributed by atoms with Crippen LogP contribution in [0.5, 0.6) is 0 Å². The van der Waals surface area contributed by atoms with E-state index in [9.17, 15) is 14.4 Å². The van der Waals surface area contributed by atoms with E-state index in [2.05, 4.69) is 0 Å². The molecule has 0 aliphatic carbocycles. The first-order valence-electron chi connectivity index (χ1n) is 9.22. The molecule has 2 aliphatic rings. The molecule has 0 N–H and O–H groups in total. The van der Waals surface area contributed by atoms with Gasteiger partial charge in [-0.1, -0.05) is 36.4 Å². The Kier molecular flexibility index (Phi) is 4.39. The molecule has 2 aromatic rings. The van der Waals surface area contributed by atoms with Crippen molar-refractivity contribution in [1.29, 1.82) is 0 Å². The Labute approximate surface area is 158 Å². The highest BCUT2D eigenvalue weighted by Gasteiger charge is 2.39. The Morgan fingerprint density at radius 3 is 1.96 bits per heavy atom. The average molecular weight is 363 g/mol. The maximum Gasteiger partial charge on any atom is 0.336 e. The largest absolute Gasteiger partial charge is 0.336 e. The lowest BCUT2D eigenvalue weighted by molar-refractivity contribution is -0.153. The van der Waals surface area contributed by atoms with Gasteiger partial charge in [0, 0.05) is 19.6 Å². The van der Waals surface area contributed by atoms with Crippen molar-refractivity contribution in [3.05, 3.63) is 59.7 Å². The van der Waals surface area contributed by atoms with Crippen molar-refractivity contribution in [3.8, 4) is 0 Å². The summed E-state index contributed by atoms with van der Waals surface area (Å²) in [4.78, 5) is 42.4.